The molecule has 1 heterocycles. The van der Waals surface area contributed by atoms with Crippen molar-refractivity contribution in [3.05, 3.63) is 46.3 Å². The van der Waals surface area contributed by atoms with Crippen molar-refractivity contribution in [1.29, 1.82) is 0 Å². The minimum atomic E-state index is -0.437. The first-order chi connectivity index (χ1) is 8.61. The van der Waals surface area contributed by atoms with Crippen molar-refractivity contribution in [2.75, 3.05) is 7.11 Å². The van der Waals surface area contributed by atoms with Crippen molar-refractivity contribution < 1.29 is 13.9 Å². The van der Waals surface area contributed by atoms with Crippen molar-refractivity contribution in [2.24, 2.45) is 0 Å². The number of fused-ring (bicyclic) bond motifs is 1. The molecule has 0 aliphatic heterocycles. The van der Waals surface area contributed by atoms with Gasteiger partial charge in [0, 0.05) is 11.5 Å². The van der Waals surface area contributed by atoms with E-state index in [1.54, 1.807) is 24.3 Å². The van der Waals surface area contributed by atoms with E-state index in [-0.39, 0.29) is 5.78 Å². The number of ether oxygens (including phenoxy) is 1. The predicted molar refractivity (Wildman–Crippen MR) is 68.8 cm³/mol. The molecule has 0 fully saturated rings. The van der Waals surface area contributed by atoms with E-state index in [2.05, 4.69) is 0 Å². The highest BCUT2D eigenvalue weighted by atomic mass is 16.5. The zero-order valence-corrected chi connectivity index (χ0v) is 10.1. The third-order valence-corrected chi connectivity index (χ3v) is 2.49. The van der Waals surface area contributed by atoms with Gasteiger partial charge >= 0.3 is 5.63 Å². The summed E-state index contributed by atoms with van der Waals surface area (Å²) in [5.41, 5.74) is 0.565. The lowest BCUT2D eigenvalue weighted by atomic mass is 10.1. The Morgan fingerprint density at radius 1 is 1.28 bits per heavy atom. The molecule has 0 atom stereocenters. The van der Waals surface area contributed by atoms with Crippen LogP contribution in [0, 0.1) is 0 Å². The van der Waals surface area contributed by atoms with Gasteiger partial charge in [0.05, 0.1) is 12.7 Å². The molecule has 0 saturated carbocycles. The van der Waals surface area contributed by atoms with E-state index in [4.69, 9.17) is 9.15 Å². The van der Waals surface area contributed by atoms with Crippen LogP contribution in [-0.2, 0) is 4.79 Å². The highest BCUT2D eigenvalue weighted by Crippen LogP contribution is 2.28. The summed E-state index contributed by atoms with van der Waals surface area (Å²) in [6.07, 6.45) is 3.00. The van der Waals surface area contributed by atoms with E-state index in [9.17, 15) is 9.59 Å². The SMILES string of the molecule is COc1ccc2ccc(=O)oc2c1/C=C\C(C)=O. The van der Waals surface area contributed by atoms with Crippen LogP contribution in [0.2, 0.25) is 0 Å². The van der Waals surface area contributed by atoms with E-state index in [1.165, 1.54) is 26.2 Å². The fourth-order valence-corrected chi connectivity index (χ4v) is 1.67. The number of hydrogen-bond acceptors (Lipinski definition) is 4. The number of hydrogen-bond donors (Lipinski definition) is 0. The molecule has 18 heavy (non-hydrogen) atoms. The van der Waals surface area contributed by atoms with Gasteiger partial charge in [0.15, 0.2) is 5.78 Å². The minimum Gasteiger partial charge on any atom is -0.496 e. The molecule has 2 rings (SSSR count). The molecule has 0 spiro atoms. The molecular weight excluding hydrogens is 232 g/mol. The summed E-state index contributed by atoms with van der Waals surface area (Å²) in [6, 6.07) is 6.59. The average molecular weight is 244 g/mol. The van der Waals surface area contributed by atoms with Gasteiger partial charge in [-0.2, -0.15) is 0 Å². The Balaban J connectivity index is 2.75. The molecule has 0 saturated heterocycles. The molecule has 4 nitrogen and oxygen atoms in total. The van der Waals surface area contributed by atoms with Gasteiger partial charge in [-0.05, 0) is 37.3 Å². The summed E-state index contributed by atoms with van der Waals surface area (Å²) >= 11 is 0. The van der Waals surface area contributed by atoms with E-state index in [0.29, 0.717) is 16.9 Å². The second kappa shape index (κ2) is 4.87. The minimum absolute atomic E-state index is 0.0904. The van der Waals surface area contributed by atoms with Gasteiger partial charge in [0.2, 0.25) is 0 Å². The molecule has 0 N–H and O–H groups in total. The van der Waals surface area contributed by atoms with Crippen molar-refractivity contribution >= 4 is 22.8 Å². The average Bonchev–Trinajstić information content (AvgIpc) is 2.35. The maximum atomic E-state index is 11.3. The van der Waals surface area contributed by atoms with E-state index < -0.39 is 5.63 Å². The molecule has 0 amide bonds. The normalized spacial score (nSPS) is 11.0. The standard InChI is InChI=1S/C14H12O4/c1-9(15)3-6-11-12(17-2)7-4-10-5-8-13(16)18-14(10)11/h3-8H,1-2H3/b6-3-. The molecule has 4 heteroatoms. The van der Waals surface area contributed by atoms with Crippen molar-refractivity contribution in [3.8, 4) is 5.75 Å². The Labute approximate surface area is 103 Å². The Bertz CT molecular complexity index is 680. The van der Waals surface area contributed by atoms with Crippen LogP contribution in [0.5, 0.6) is 5.75 Å². The molecular formula is C14H12O4. The number of carbonyl (C=O) groups excluding carboxylic acids is 1. The van der Waals surface area contributed by atoms with Gasteiger partial charge in [0.1, 0.15) is 11.3 Å². The third-order valence-electron chi connectivity index (χ3n) is 2.49. The van der Waals surface area contributed by atoms with Crippen molar-refractivity contribution in [1.82, 2.24) is 0 Å². The summed E-state index contributed by atoms with van der Waals surface area (Å²) in [5, 5.41) is 0.776. The molecule has 1 aromatic carbocycles. The van der Waals surface area contributed by atoms with Gasteiger partial charge in [-0.3, -0.25) is 4.79 Å². The largest absolute Gasteiger partial charge is 0.496 e. The smallest absolute Gasteiger partial charge is 0.336 e. The van der Waals surface area contributed by atoms with Crippen LogP contribution in [0.4, 0.5) is 0 Å². The lowest BCUT2D eigenvalue weighted by molar-refractivity contribution is -0.112. The Morgan fingerprint density at radius 2 is 2.00 bits per heavy atom. The molecule has 0 aliphatic carbocycles. The number of allylic oxidation sites excluding steroid dienone is 1. The van der Waals surface area contributed by atoms with Gasteiger partial charge < -0.3 is 9.15 Å². The number of carbonyl (C=O) groups is 1. The molecule has 0 unspecified atom stereocenters. The van der Waals surface area contributed by atoms with Crippen molar-refractivity contribution in [2.45, 2.75) is 6.92 Å². The molecule has 92 valence electrons. The van der Waals surface area contributed by atoms with E-state index in [1.807, 2.05) is 0 Å². The van der Waals surface area contributed by atoms with E-state index >= 15 is 0 Å². The Kier molecular flexibility index (Phi) is 3.28. The quantitative estimate of drug-likeness (QED) is 0.614. The fourth-order valence-electron chi connectivity index (χ4n) is 1.67. The maximum Gasteiger partial charge on any atom is 0.336 e. The summed E-state index contributed by atoms with van der Waals surface area (Å²) in [4.78, 5) is 22.3. The van der Waals surface area contributed by atoms with Crippen LogP contribution in [0.25, 0.3) is 17.0 Å². The first kappa shape index (κ1) is 12.1. The molecule has 2 aromatic rings. The number of ketones is 1. The second-order valence-electron chi connectivity index (χ2n) is 3.80. The fraction of sp³-hybridized carbons (Fsp3) is 0.143. The molecule has 0 radical (unpaired) electrons. The number of methoxy groups -OCH3 is 1. The van der Waals surface area contributed by atoms with Gasteiger partial charge in [-0.1, -0.05) is 0 Å². The summed E-state index contributed by atoms with van der Waals surface area (Å²) < 4.78 is 10.4. The van der Waals surface area contributed by atoms with Gasteiger partial charge in [-0.25, -0.2) is 4.79 Å². The lowest BCUT2D eigenvalue weighted by Crippen LogP contribution is -1.97. The van der Waals surface area contributed by atoms with Crippen LogP contribution in [0.15, 0.2) is 39.6 Å². The zero-order chi connectivity index (χ0) is 13.1. The number of benzene rings is 1. The lowest BCUT2D eigenvalue weighted by Gasteiger charge is -2.06. The van der Waals surface area contributed by atoms with Crippen molar-refractivity contribution in [3.63, 3.8) is 0 Å². The number of rotatable bonds is 3. The first-order valence-electron chi connectivity index (χ1n) is 5.41. The van der Waals surface area contributed by atoms with Crippen LogP contribution in [-0.4, -0.2) is 12.9 Å². The van der Waals surface area contributed by atoms with Crippen LogP contribution in [0.1, 0.15) is 12.5 Å². The van der Waals surface area contributed by atoms with E-state index in [0.717, 1.165) is 5.39 Å². The van der Waals surface area contributed by atoms with Gasteiger partial charge in [-0.15, -0.1) is 0 Å². The maximum absolute atomic E-state index is 11.3. The van der Waals surface area contributed by atoms with Crippen LogP contribution < -0.4 is 10.4 Å². The molecule has 1 aromatic heterocycles. The molecule has 0 bridgehead atoms. The third kappa shape index (κ3) is 2.32. The predicted octanol–water partition coefficient (Wildman–Crippen LogP) is 2.40. The van der Waals surface area contributed by atoms with Crippen LogP contribution in [0.3, 0.4) is 0 Å². The first-order valence-corrected chi connectivity index (χ1v) is 5.41. The van der Waals surface area contributed by atoms with Gasteiger partial charge in [0.25, 0.3) is 0 Å². The Hall–Kier alpha value is -2.36. The topological polar surface area (TPSA) is 56.5 Å². The highest BCUT2D eigenvalue weighted by Gasteiger charge is 2.08. The Morgan fingerprint density at radius 3 is 2.67 bits per heavy atom. The molecule has 0 aliphatic rings. The van der Waals surface area contributed by atoms with Crippen LogP contribution >= 0.6 is 0 Å². The second-order valence-corrected chi connectivity index (χ2v) is 3.80. The summed E-state index contributed by atoms with van der Waals surface area (Å²) in [5.74, 6) is 0.460. The summed E-state index contributed by atoms with van der Waals surface area (Å²) in [6.45, 7) is 1.45. The highest BCUT2D eigenvalue weighted by molar-refractivity contribution is 5.96. The summed E-state index contributed by atoms with van der Waals surface area (Å²) in [7, 11) is 1.52. The monoisotopic (exact) mass is 244 g/mol. The zero-order valence-electron chi connectivity index (χ0n) is 10.1.